The first-order valence-electron chi connectivity index (χ1n) is 4.09. The lowest BCUT2D eigenvalue weighted by Crippen LogP contribution is -2.13. The first-order valence-corrected chi connectivity index (χ1v) is 6.44. The van der Waals surface area contributed by atoms with Crippen LogP contribution in [0.5, 0.6) is 0 Å². The highest BCUT2D eigenvalue weighted by atomic mass is 79.9. The third kappa shape index (κ3) is 2.59. The standard InChI is InChI=1S/C10H9Br2ClO/c1-6(13)10(14)9-7(5-11)3-2-4-8(9)12/h2-4,6H,5H2,1H3. The topological polar surface area (TPSA) is 17.1 Å². The van der Waals surface area contributed by atoms with E-state index in [1.807, 2.05) is 18.2 Å². The van der Waals surface area contributed by atoms with Crippen molar-refractivity contribution in [3.8, 4) is 0 Å². The molecular weight excluding hydrogens is 331 g/mol. The third-order valence-electron chi connectivity index (χ3n) is 1.85. The summed E-state index contributed by atoms with van der Waals surface area (Å²) in [7, 11) is 0. The van der Waals surface area contributed by atoms with Gasteiger partial charge >= 0.3 is 0 Å². The van der Waals surface area contributed by atoms with E-state index in [1.54, 1.807) is 6.92 Å². The van der Waals surface area contributed by atoms with Gasteiger partial charge in [-0.25, -0.2) is 0 Å². The highest BCUT2D eigenvalue weighted by molar-refractivity contribution is 9.10. The van der Waals surface area contributed by atoms with Crippen molar-refractivity contribution in [2.75, 3.05) is 0 Å². The summed E-state index contributed by atoms with van der Waals surface area (Å²) in [5.41, 5.74) is 1.63. The number of carbonyl (C=O) groups is 1. The molecule has 0 aliphatic carbocycles. The Hall–Kier alpha value is 0.140. The van der Waals surface area contributed by atoms with Crippen LogP contribution < -0.4 is 0 Å². The number of benzene rings is 1. The Balaban J connectivity index is 3.23. The average Bonchev–Trinajstić information content (AvgIpc) is 2.16. The van der Waals surface area contributed by atoms with E-state index in [9.17, 15) is 4.79 Å². The van der Waals surface area contributed by atoms with E-state index >= 15 is 0 Å². The van der Waals surface area contributed by atoms with E-state index in [1.165, 1.54) is 0 Å². The summed E-state index contributed by atoms with van der Waals surface area (Å²) in [4.78, 5) is 11.8. The van der Waals surface area contributed by atoms with Crippen LogP contribution in [0.4, 0.5) is 0 Å². The summed E-state index contributed by atoms with van der Waals surface area (Å²) >= 11 is 12.5. The molecule has 0 N–H and O–H groups in total. The molecule has 0 fully saturated rings. The van der Waals surface area contributed by atoms with Crippen molar-refractivity contribution in [1.29, 1.82) is 0 Å². The summed E-state index contributed by atoms with van der Waals surface area (Å²) in [5.74, 6) is -0.0476. The highest BCUT2D eigenvalue weighted by Crippen LogP contribution is 2.25. The van der Waals surface area contributed by atoms with Gasteiger partial charge in [0, 0.05) is 15.4 Å². The predicted molar refractivity (Wildman–Crippen MR) is 66.4 cm³/mol. The zero-order chi connectivity index (χ0) is 10.7. The smallest absolute Gasteiger partial charge is 0.181 e. The Morgan fingerprint density at radius 3 is 2.71 bits per heavy atom. The summed E-state index contributed by atoms with van der Waals surface area (Å²) in [6, 6.07) is 5.65. The lowest BCUT2D eigenvalue weighted by molar-refractivity contribution is 0.0990. The van der Waals surface area contributed by atoms with Gasteiger partial charge in [-0.1, -0.05) is 44.0 Å². The minimum Gasteiger partial charge on any atom is -0.292 e. The predicted octanol–water partition coefficient (Wildman–Crippen LogP) is 4.15. The number of rotatable bonds is 3. The fourth-order valence-electron chi connectivity index (χ4n) is 1.15. The molecule has 0 bridgehead atoms. The monoisotopic (exact) mass is 338 g/mol. The van der Waals surface area contributed by atoms with E-state index < -0.39 is 5.38 Å². The van der Waals surface area contributed by atoms with Crippen LogP contribution in [0.2, 0.25) is 0 Å². The van der Waals surface area contributed by atoms with Gasteiger partial charge in [0.2, 0.25) is 0 Å². The van der Waals surface area contributed by atoms with Crippen LogP contribution in [0.15, 0.2) is 22.7 Å². The Morgan fingerprint density at radius 2 is 2.21 bits per heavy atom. The first kappa shape index (κ1) is 12.2. The van der Waals surface area contributed by atoms with Gasteiger partial charge in [-0.15, -0.1) is 11.6 Å². The quantitative estimate of drug-likeness (QED) is 0.597. The van der Waals surface area contributed by atoms with Gasteiger partial charge in [0.25, 0.3) is 0 Å². The van der Waals surface area contributed by atoms with Crippen LogP contribution in [0, 0.1) is 0 Å². The Labute approximate surface area is 105 Å². The Morgan fingerprint density at radius 1 is 1.57 bits per heavy atom. The largest absolute Gasteiger partial charge is 0.292 e. The molecule has 1 atom stereocenters. The molecule has 1 unspecified atom stereocenters. The summed E-state index contributed by atoms with van der Waals surface area (Å²) in [6.45, 7) is 1.68. The third-order valence-corrected chi connectivity index (χ3v) is 3.31. The zero-order valence-corrected chi connectivity index (χ0v) is 11.5. The van der Waals surface area contributed by atoms with Crippen LogP contribution in [-0.4, -0.2) is 11.2 Å². The highest BCUT2D eigenvalue weighted by Gasteiger charge is 2.18. The minimum atomic E-state index is -0.494. The molecule has 0 aliphatic rings. The molecule has 0 aromatic heterocycles. The first-order chi connectivity index (χ1) is 6.57. The lowest BCUT2D eigenvalue weighted by atomic mass is 10.0. The van der Waals surface area contributed by atoms with Crippen molar-refractivity contribution < 1.29 is 4.79 Å². The summed E-state index contributed by atoms with van der Waals surface area (Å²) < 4.78 is 0.798. The van der Waals surface area contributed by atoms with Gasteiger partial charge in [0.15, 0.2) is 5.78 Å². The molecule has 0 aliphatic heterocycles. The van der Waals surface area contributed by atoms with E-state index in [4.69, 9.17) is 11.6 Å². The molecule has 1 aromatic carbocycles. The zero-order valence-electron chi connectivity index (χ0n) is 7.56. The molecule has 0 amide bonds. The van der Waals surface area contributed by atoms with Gasteiger partial charge < -0.3 is 0 Å². The maximum Gasteiger partial charge on any atom is 0.181 e. The number of hydrogen-bond donors (Lipinski definition) is 0. The van der Waals surface area contributed by atoms with Crippen molar-refractivity contribution in [1.82, 2.24) is 0 Å². The van der Waals surface area contributed by atoms with E-state index in [-0.39, 0.29) is 5.78 Å². The van der Waals surface area contributed by atoms with Gasteiger partial charge in [0.1, 0.15) is 0 Å². The second-order valence-corrected chi connectivity index (χ2v) is 4.96. The van der Waals surface area contributed by atoms with E-state index in [0.29, 0.717) is 10.9 Å². The molecule has 0 heterocycles. The molecule has 1 nitrogen and oxygen atoms in total. The molecule has 1 aromatic rings. The lowest BCUT2D eigenvalue weighted by Gasteiger charge is -2.09. The minimum absolute atomic E-state index is 0.0476. The number of halogens is 3. The van der Waals surface area contributed by atoms with Crippen LogP contribution in [0.3, 0.4) is 0 Å². The van der Waals surface area contributed by atoms with Gasteiger partial charge in [-0.2, -0.15) is 0 Å². The molecule has 14 heavy (non-hydrogen) atoms. The fraction of sp³-hybridized carbons (Fsp3) is 0.300. The van der Waals surface area contributed by atoms with Gasteiger partial charge in [0.05, 0.1) is 5.38 Å². The fourth-order valence-corrected chi connectivity index (χ4v) is 2.33. The van der Waals surface area contributed by atoms with Crippen molar-refractivity contribution >= 4 is 49.2 Å². The molecule has 0 radical (unpaired) electrons. The Kier molecular flexibility index (Phi) is 4.61. The molecule has 0 saturated carbocycles. The van der Waals surface area contributed by atoms with Crippen molar-refractivity contribution in [3.63, 3.8) is 0 Å². The van der Waals surface area contributed by atoms with Crippen molar-refractivity contribution in [2.24, 2.45) is 0 Å². The van der Waals surface area contributed by atoms with Crippen molar-refractivity contribution in [3.05, 3.63) is 33.8 Å². The molecule has 0 spiro atoms. The van der Waals surface area contributed by atoms with Crippen LogP contribution in [0.1, 0.15) is 22.8 Å². The van der Waals surface area contributed by atoms with Crippen LogP contribution >= 0.6 is 43.5 Å². The summed E-state index contributed by atoms with van der Waals surface area (Å²) in [5, 5.41) is 0.156. The number of carbonyl (C=O) groups excluding carboxylic acids is 1. The second kappa shape index (κ2) is 5.29. The van der Waals surface area contributed by atoms with E-state index in [2.05, 4.69) is 31.9 Å². The molecular formula is C10H9Br2ClO. The molecule has 1 rings (SSSR count). The van der Waals surface area contributed by atoms with E-state index in [0.717, 1.165) is 10.0 Å². The summed E-state index contributed by atoms with van der Waals surface area (Å²) in [6.07, 6.45) is 0. The number of ketones is 1. The normalized spacial score (nSPS) is 12.6. The number of alkyl halides is 2. The van der Waals surface area contributed by atoms with Gasteiger partial charge in [-0.3, -0.25) is 4.79 Å². The molecule has 76 valence electrons. The molecule has 0 saturated heterocycles. The molecule has 4 heteroatoms. The maximum atomic E-state index is 11.8. The van der Waals surface area contributed by atoms with Gasteiger partial charge in [-0.05, 0) is 18.6 Å². The number of hydrogen-bond acceptors (Lipinski definition) is 1. The average molecular weight is 340 g/mol. The second-order valence-electron chi connectivity index (χ2n) is 2.89. The van der Waals surface area contributed by atoms with Crippen molar-refractivity contribution in [2.45, 2.75) is 17.6 Å². The van der Waals surface area contributed by atoms with Crippen LogP contribution in [0.25, 0.3) is 0 Å². The Bertz CT molecular complexity index is 350. The SMILES string of the molecule is CC(Cl)C(=O)c1c(Br)cccc1CBr. The number of Topliss-reactive ketones (excluding diaryl/α,β-unsaturated/α-hetero) is 1. The maximum absolute atomic E-state index is 11.8. The van der Waals surface area contributed by atoms with Crippen LogP contribution in [-0.2, 0) is 5.33 Å².